The van der Waals surface area contributed by atoms with Gasteiger partial charge in [-0.1, -0.05) is 0 Å². The molecule has 3 nitrogen and oxygen atoms in total. The fourth-order valence-corrected chi connectivity index (χ4v) is 3.88. The molecule has 0 spiro atoms. The third-order valence-corrected chi connectivity index (χ3v) is 5.17. The van der Waals surface area contributed by atoms with Crippen LogP contribution in [0.5, 0.6) is 0 Å². The van der Waals surface area contributed by atoms with Crippen LogP contribution in [0.15, 0.2) is 18.2 Å². The predicted molar refractivity (Wildman–Crippen MR) is 80.9 cm³/mol. The van der Waals surface area contributed by atoms with Crippen LogP contribution in [0.4, 0.5) is 8.78 Å². The Morgan fingerprint density at radius 2 is 1.86 bits per heavy atom. The lowest BCUT2D eigenvalue weighted by atomic mass is 10.0. The highest BCUT2D eigenvalue weighted by Gasteiger charge is 2.49. The highest BCUT2D eigenvalue weighted by Crippen LogP contribution is 2.50. The van der Waals surface area contributed by atoms with Gasteiger partial charge < -0.3 is 10.2 Å². The van der Waals surface area contributed by atoms with Crippen molar-refractivity contribution in [1.29, 1.82) is 0 Å². The first kappa shape index (κ1) is 15.7. The molecule has 4 atom stereocenters. The summed E-state index contributed by atoms with van der Waals surface area (Å²) in [4.78, 5) is 14.4. The normalized spacial score (nSPS) is 32.5. The van der Waals surface area contributed by atoms with E-state index in [1.807, 2.05) is 4.90 Å². The molecular weight excluding hydrogens is 310 g/mol. The molecule has 0 bridgehead atoms. The molecule has 3 fully saturated rings. The fraction of sp³-hybridized carbons (Fsp3) is 0.562. The summed E-state index contributed by atoms with van der Waals surface area (Å²) in [6.07, 6.45) is 0.642. The highest BCUT2D eigenvalue weighted by molar-refractivity contribution is 5.85. The zero-order valence-corrected chi connectivity index (χ0v) is 12.9. The molecule has 2 unspecified atom stereocenters. The first-order valence-corrected chi connectivity index (χ1v) is 7.58. The van der Waals surface area contributed by atoms with Gasteiger partial charge in [0.05, 0.1) is 0 Å². The summed E-state index contributed by atoms with van der Waals surface area (Å²) >= 11 is 0. The number of amides is 1. The number of hydrogen-bond acceptors (Lipinski definition) is 2. The maximum Gasteiger partial charge on any atom is 0.226 e. The number of hydrogen-bond donors (Lipinski definition) is 1. The third kappa shape index (κ3) is 2.61. The molecular formula is C16H19ClF2N2O. The van der Waals surface area contributed by atoms with Crippen molar-refractivity contribution in [2.24, 2.45) is 17.8 Å². The molecule has 22 heavy (non-hydrogen) atoms. The Morgan fingerprint density at radius 1 is 1.18 bits per heavy atom. The molecule has 2 heterocycles. The van der Waals surface area contributed by atoms with Crippen molar-refractivity contribution in [2.75, 3.05) is 26.2 Å². The molecule has 2 aliphatic heterocycles. The van der Waals surface area contributed by atoms with Crippen LogP contribution in [0.25, 0.3) is 0 Å². The van der Waals surface area contributed by atoms with Gasteiger partial charge in [0.15, 0.2) is 0 Å². The second kappa shape index (κ2) is 5.78. The van der Waals surface area contributed by atoms with Gasteiger partial charge in [0.2, 0.25) is 5.91 Å². The van der Waals surface area contributed by atoms with Gasteiger partial charge in [-0.25, -0.2) is 8.78 Å². The van der Waals surface area contributed by atoms with Crippen molar-refractivity contribution in [3.8, 4) is 0 Å². The van der Waals surface area contributed by atoms with Crippen molar-refractivity contribution in [1.82, 2.24) is 10.2 Å². The Kier molecular flexibility index (Phi) is 4.12. The van der Waals surface area contributed by atoms with Gasteiger partial charge >= 0.3 is 0 Å². The van der Waals surface area contributed by atoms with Crippen LogP contribution in [0, 0.1) is 29.4 Å². The lowest BCUT2D eigenvalue weighted by Crippen LogP contribution is -2.33. The van der Waals surface area contributed by atoms with Gasteiger partial charge in [0.25, 0.3) is 0 Å². The second-order valence-corrected chi connectivity index (χ2v) is 6.54. The molecule has 3 aliphatic rings. The maximum absolute atomic E-state index is 13.8. The van der Waals surface area contributed by atoms with Crippen LogP contribution in [0.2, 0.25) is 0 Å². The van der Waals surface area contributed by atoms with Crippen LogP contribution in [-0.2, 0) is 4.79 Å². The Morgan fingerprint density at radius 3 is 2.55 bits per heavy atom. The monoisotopic (exact) mass is 328 g/mol. The van der Waals surface area contributed by atoms with E-state index >= 15 is 0 Å². The fourth-order valence-electron chi connectivity index (χ4n) is 3.88. The molecule has 1 aromatic carbocycles. The number of halogens is 3. The topological polar surface area (TPSA) is 32.3 Å². The average molecular weight is 329 g/mol. The quantitative estimate of drug-likeness (QED) is 0.902. The van der Waals surface area contributed by atoms with Crippen molar-refractivity contribution >= 4 is 18.3 Å². The Labute approximate surface area is 134 Å². The molecule has 1 N–H and O–H groups in total. The van der Waals surface area contributed by atoms with Gasteiger partial charge in [-0.05, 0) is 47.9 Å². The number of rotatable bonds is 2. The first-order chi connectivity index (χ1) is 10.1. The lowest BCUT2D eigenvalue weighted by Gasteiger charge is -2.17. The zero-order valence-electron chi connectivity index (χ0n) is 12.1. The summed E-state index contributed by atoms with van der Waals surface area (Å²) in [6.45, 7) is 3.60. The van der Waals surface area contributed by atoms with E-state index in [2.05, 4.69) is 5.32 Å². The Hall–Kier alpha value is -1.20. The molecule has 2 saturated heterocycles. The van der Waals surface area contributed by atoms with Gasteiger partial charge in [-0.2, -0.15) is 0 Å². The minimum Gasteiger partial charge on any atom is -0.342 e. The molecule has 1 saturated carbocycles. The second-order valence-electron chi connectivity index (χ2n) is 6.54. The van der Waals surface area contributed by atoms with E-state index < -0.39 is 11.6 Å². The summed E-state index contributed by atoms with van der Waals surface area (Å²) in [7, 11) is 0. The average Bonchev–Trinajstić information content (AvgIpc) is 2.95. The first-order valence-electron chi connectivity index (χ1n) is 7.58. The predicted octanol–water partition coefficient (Wildman–Crippen LogP) is 2.17. The van der Waals surface area contributed by atoms with Crippen molar-refractivity contribution in [3.05, 3.63) is 35.4 Å². The standard InChI is InChI=1S/C16H18F2N2O.ClH/c17-11-1-2-15(18)13(3-11)12-4-14(12)16(21)20-7-9-5-19-6-10(9)8-20;/h1-3,9-10,12,14,19H,4-8H2;1H/t9-,10+,12?,14?;. The summed E-state index contributed by atoms with van der Waals surface area (Å²) < 4.78 is 27.0. The number of likely N-dealkylation sites (tertiary alicyclic amines) is 1. The van der Waals surface area contributed by atoms with E-state index in [0.29, 0.717) is 23.8 Å². The number of carbonyl (C=O) groups is 1. The van der Waals surface area contributed by atoms with Crippen LogP contribution >= 0.6 is 12.4 Å². The van der Waals surface area contributed by atoms with Gasteiger partial charge in [-0.15, -0.1) is 12.4 Å². The summed E-state index contributed by atoms with van der Waals surface area (Å²) in [5, 5.41) is 3.35. The molecule has 0 radical (unpaired) electrons. The van der Waals surface area contributed by atoms with E-state index in [0.717, 1.165) is 38.3 Å². The van der Waals surface area contributed by atoms with E-state index in [-0.39, 0.29) is 30.2 Å². The largest absolute Gasteiger partial charge is 0.342 e. The molecule has 1 aromatic rings. The number of benzene rings is 1. The van der Waals surface area contributed by atoms with Crippen LogP contribution < -0.4 is 5.32 Å². The number of fused-ring (bicyclic) bond motifs is 1. The molecule has 1 aliphatic carbocycles. The van der Waals surface area contributed by atoms with Crippen molar-refractivity contribution < 1.29 is 13.6 Å². The molecule has 120 valence electrons. The van der Waals surface area contributed by atoms with Gasteiger partial charge in [-0.3, -0.25) is 4.79 Å². The lowest BCUT2D eigenvalue weighted by molar-refractivity contribution is -0.131. The highest BCUT2D eigenvalue weighted by atomic mass is 35.5. The van der Waals surface area contributed by atoms with Crippen LogP contribution in [0.3, 0.4) is 0 Å². The molecule has 1 amide bonds. The number of carbonyl (C=O) groups excluding carboxylic acids is 1. The van der Waals surface area contributed by atoms with E-state index in [1.165, 1.54) is 6.07 Å². The molecule has 6 heteroatoms. The van der Waals surface area contributed by atoms with Crippen LogP contribution in [0.1, 0.15) is 17.9 Å². The van der Waals surface area contributed by atoms with Crippen molar-refractivity contribution in [2.45, 2.75) is 12.3 Å². The smallest absolute Gasteiger partial charge is 0.226 e. The van der Waals surface area contributed by atoms with Crippen molar-refractivity contribution in [3.63, 3.8) is 0 Å². The summed E-state index contributed by atoms with van der Waals surface area (Å²) in [5.41, 5.74) is 0.356. The zero-order chi connectivity index (χ0) is 14.6. The van der Waals surface area contributed by atoms with Gasteiger partial charge in [0, 0.05) is 32.1 Å². The maximum atomic E-state index is 13.8. The summed E-state index contributed by atoms with van der Waals surface area (Å²) in [6, 6.07) is 3.50. The minimum atomic E-state index is -0.439. The molecule has 0 aromatic heterocycles. The third-order valence-electron chi connectivity index (χ3n) is 5.17. The van der Waals surface area contributed by atoms with Gasteiger partial charge in [0.1, 0.15) is 11.6 Å². The minimum absolute atomic E-state index is 0. The summed E-state index contributed by atoms with van der Waals surface area (Å²) in [5.74, 6) is 0.109. The number of nitrogens with zero attached hydrogens (tertiary/aromatic N) is 1. The van der Waals surface area contributed by atoms with E-state index in [1.54, 1.807) is 0 Å². The SMILES string of the molecule is Cl.O=C(C1CC1c1cc(F)ccc1F)N1C[C@H]2CNC[C@H]2C1. The van der Waals surface area contributed by atoms with Crippen LogP contribution in [-0.4, -0.2) is 37.0 Å². The molecule has 4 rings (SSSR count). The van der Waals surface area contributed by atoms with E-state index in [4.69, 9.17) is 0 Å². The van der Waals surface area contributed by atoms with E-state index in [9.17, 15) is 13.6 Å². The number of nitrogens with one attached hydrogen (secondary N) is 1. The Balaban J connectivity index is 0.00000144. The Bertz CT molecular complexity index is 586.